The molecule has 0 spiro atoms. The van der Waals surface area contributed by atoms with E-state index in [1.807, 2.05) is 5.32 Å². The van der Waals surface area contributed by atoms with Gasteiger partial charge in [-0.25, -0.2) is 4.79 Å². The fraction of sp³-hybridized carbons (Fsp3) is 0.143. The average Bonchev–Trinajstić information content (AvgIpc) is 2.51. The average molecular weight is 185 g/mol. The van der Waals surface area contributed by atoms with Gasteiger partial charge in [0, 0.05) is 10.9 Å². The molecule has 0 atom stereocenters. The van der Waals surface area contributed by atoms with E-state index >= 15 is 0 Å². The Morgan fingerprint density at radius 2 is 2.33 bits per heavy atom. The zero-order chi connectivity index (χ0) is 8.97. The first kappa shape index (κ1) is 8.73. The summed E-state index contributed by atoms with van der Waals surface area (Å²) in [6.45, 7) is -0.161. The molecular formula is C7H7NO3S. The van der Waals surface area contributed by atoms with E-state index in [1.54, 1.807) is 16.8 Å². The van der Waals surface area contributed by atoms with Gasteiger partial charge in [-0.15, -0.1) is 0 Å². The molecule has 0 aromatic carbocycles. The van der Waals surface area contributed by atoms with Gasteiger partial charge < -0.3 is 10.4 Å². The van der Waals surface area contributed by atoms with Crippen LogP contribution in [0.5, 0.6) is 0 Å². The quantitative estimate of drug-likeness (QED) is 0.695. The van der Waals surface area contributed by atoms with E-state index < -0.39 is 6.09 Å². The first-order valence-corrected chi connectivity index (χ1v) is 4.16. The van der Waals surface area contributed by atoms with Gasteiger partial charge in [-0.1, -0.05) is 0 Å². The number of thiophene rings is 1. The molecule has 1 heterocycles. The lowest BCUT2D eigenvalue weighted by Gasteiger charge is -1.96. The molecule has 2 N–H and O–H groups in total. The van der Waals surface area contributed by atoms with E-state index in [-0.39, 0.29) is 12.3 Å². The Bertz CT molecular complexity index is 281. The Balaban J connectivity index is 2.45. The van der Waals surface area contributed by atoms with Crippen LogP contribution in [0.1, 0.15) is 10.4 Å². The number of carbonyl (C=O) groups is 2. The zero-order valence-corrected chi connectivity index (χ0v) is 6.93. The normalized spacial score (nSPS) is 9.33. The van der Waals surface area contributed by atoms with Crippen LogP contribution < -0.4 is 5.32 Å². The summed E-state index contributed by atoms with van der Waals surface area (Å²) >= 11 is 1.41. The highest BCUT2D eigenvalue weighted by molar-refractivity contribution is 7.08. The first-order valence-electron chi connectivity index (χ1n) is 3.22. The number of Topliss-reactive ketones (excluding diaryl/α,β-unsaturated/α-hetero) is 1. The molecular weight excluding hydrogens is 178 g/mol. The molecule has 0 saturated carbocycles. The molecule has 0 unspecified atom stereocenters. The number of carboxylic acid groups (broad SMARTS) is 1. The van der Waals surface area contributed by atoms with Crippen molar-refractivity contribution in [1.82, 2.24) is 5.32 Å². The molecule has 12 heavy (non-hydrogen) atoms. The SMILES string of the molecule is O=C(O)NCC(=O)c1ccsc1. The maximum absolute atomic E-state index is 11.1. The van der Waals surface area contributed by atoms with Gasteiger partial charge >= 0.3 is 6.09 Å². The number of ketones is 1. The van der Waals surface area contributed by atoms with Crippen LogP contribution in [0.25, 0.3) is 0 Å². The van der Waals surface area contributed by atoms with Crippen molar-refractivity contribution < 1.29 is 14.7 Å². The highest BCUT2D eigenvalue weighted by Gasteiger charge is 2.06. The lowest BCUT2D eigenvalue weighted by molar-refractivity contribution is 0.0987. The van der Waals surface area contributed by atoms with Crippen molar-refractivity contribution in [2.45, 2.75) is 0 Å². The summed E-state index contributed by atoms with van der Waals surface area (Å²) in [6.07, 6.45) is -1.18. The second-order valence-corrected chi connectivity index (χ2v) is 2.87. The van der Waals surface area contributed by atoms with Gasteiger partial charge in [0.25, 0.3) is 0 Å². The number of hydrogen-bond donors (Lipinski definition) is 2. The third-order valence-corrected chi connectivity index (χ3v) is 1.93. The largest absolute Gasteiger partial charge is 0.465 e. The van der Waals surface area contributed by atoms with Gasteiger partial charge in [0.2, 0.25) is 0 Å². The lowest BCUT2D eigenvalue weighted by Crippen LogP contribution is -2.27. The summed E-state index contributed by atoms with van der Waals surface area (Å²) < 4.78 is 0. The van der Waals surface area contributed by atoms with Crippen molar-refractivity contribution in [1.29, 1.82) is 0 Å². The molecule has 1 aromatic heterocycles. The Kier molecular flexibility index (Phi) is 2.82. The number of nitrogens with one attached hydrogen (secondary N) is 1. The predicted molar refractivity (Wildman–Crippen MR) is 44.7 cm³/mol. The Labute approximate surface area is 72.8 Å². The van der Waals surface area contributed by atoms with Gasteiger partial charge in [0.15, 0.2) is 5.78 Å². The number of hydrogen-bond acceptors (Lipinski definition) is 3. The van der Waals surface area contributed by atoms with Gasteiger partial charge in [0.1, 0.15) is 0 Å². The summed E-state index contributed by atoms with van der Waals surface area (Å²) in [6, 6.07) is 1.66. The predicted octanol–water partition coefficient (Wildman–Crippen LogP) is 1.20. The van der Waals surface area contributed by atoms with Crippen LogP contribution in [0.15, 0.2) is 16.8 Å². The monoisotopic (exact) mass is 185 g/mol. The molecule has 0 bridgehead atoms. The third-order valence-electron chi connectivity index (χ3n) is 1.24. The minimum Gasteiger partial charge on any atom is -0.465 e. The zero-order valence-electron chi connectivity index (χ0n) is 6.11. The summed E-state index contributed by atoms with van der Waals surface area (Å²) in [5, 5.41) is 13.7. The van der Waals surface area contributed by atoms with Crippen LogP contribution in [-0.4, -0.2) is 23.5 Å². The fourth-order valence-electron chi connectivity index (χ4n) is 0.681. The van der Waals surface area contributed by atoms with Crippen molar-refractivity contribution in [3.8, 4) is 0 Å². The highest BCUT2D eigenvalue weighted by atomic mass is 32.1. The van der Waals surface area contributed by atoms with Crippen molar-refractivity contribution in [3.05, 3.63) is 22.4 Å². The number of carbonyl (C=O) groups excluding carboxylic acids is 1. The molecule has 0 aliphatic heterocycles. The summed E-state index contributed by atoms with van der Waals surface area (Å²) in [7, 11) is 0. The van der Waals surface area contributed by atoms with E-state index in [0.717, 1.165) is 0 Å². The molecule has 4 nitrogen and oxygen atoms in total. The Hall–Kier alpha value is -1.36. The Morgan fingerprint density at radius 1 is 1.58 bits per heavy atom. The molecule has 1 aromatic rings. The van der Waals surface area contributed by atoms with Crippen LogP contribution >= 0.6 is 11.3 Å². The Morgan fingerprint density at radius 3 is 2.83 bits per heavy atom. The summed E-state index contributed by atoms with van der Waals surface area (Å²) in [4.78, 5) is 21.1. The minimum absolute atomic E-state index is 0.161. The lowest BCUT2D eigenvalue weighted by atomic mass is 10.2. The van der Waals surface area contributed by atoms with Gasteiger partial charge in [-0.3, -0.25) is 4.79 Å². The van der Waals surface area contributed by atoms with Gasteiger partial charge in [0.05, 0.1) is 6.54 Å². The first-order chi connectivity index (χ1) is 5.70. The molecule has 0 fully saturated rings. The van der Waals surface area contributed by atoms with Crippen LogP contribution in [0.3, 0.4) is 0 Å². The number of rotatable bonds is 3. The molecule has 64 valence electrons. The van der Waals surface area contributed by atoms with Crippen LogP contribution in [0.4, 0.5) is 4.79 Å². The molecule has 0 aliphatic carbocycles. The van der Waals surface area contributed by atoms with E-state index in [9.17, 15) is 9.59 Å². The fourth-order valence-corrected chi connectivity index (χ4v) is 1.34. The van der Waals surface area contributed by atoms with E-state index in [0.29, 0.717) is 5.56 Å². The van der Waals surface area contributed by atoms with Crippen LogP contribution in [0, 0.1) is 0 Å². The summed E-state index contributed by atoms with van der Waals surface area (Å²) in [5.41, 5.74) is 0.550. The molecule has 0 aliphatic rings. The van der Waals surface area contributed by atoms with Gasteiger partial charge in [-0.2, -0.15) is 11.3 Å². The molecule has 5 heteroatoms. The van der Waals surface area contributed by atoms with Crippen LogP contribution in [-0.2, 0) is 0 Å². The topological polar surface area (TPSA) is 66.4 Å². The van der Waals surface area contributed by atoms with Crippen molar-refractivity contribution in [2.24, 2.45) is 0 Å². The highest BCUT2D eigenvalue weighted by Crippen LogP contribution is 2.05. The van der Waals surface area contributed by atoms with Gasteiger partial charge in [-0.05, 0) is 11.4 Å². The smallest absolute Gasteiger partial charge is 0.405 e. The van der Waals surface area contributed by atoms with Crippen LogP contribution in [0.2, 0.25) is 0 Å². The van der Waals surface area contributed by atoms with Crippen molar-refractivity contribution in [3.63, 3.8) is 0 Å². The minimum atomic E-state index is -1.18. The van der Waals surface area contributed by atoms with Crippen molar-refractivity contribution >= 4 is 23.2 Å². The maximum Gasteiger partial charge on any atom is 0.405 e. The molecule has 1 amide bonds. The molecule has 0 radical (unpaired) electrons. The molecule has 1 rings (SSSR count). The summed E-state index contributed by atoms with van der Waals surface area (Å²) in [5.74, 6) is -0.210. The van der Waals surface area contributed by atoms with E-state index in [4.69, 9.17) is 5.11 Å². The molecule has 0 saturated heterocycles. The van der Waals surface area contributed by atoms with E-state index in [2.05, 4.69) is 0 Å². The maximum atomic E-state index is 11.1. The standard InChI is InChI=1S/C7H7NO3S/c9-6(3-8-7(10)11)5-1-2-12-4-5/h1-2,4,8H,3H2,(H,10,11). The number of amides is 1. The van der Waals surface area contributed by atoms with E-state index in [1.165, 1.54) is 11.3 Å². The van der Waals surface area contributed by atoms with Crippen molar-refractivity contribution in [2.75, 3.05) is 6.54 Å². The third kappa shape index (κ3) is 2.35. The second kappa shape index (κ2) is 3.87. The second-order valence-electron chi connectivity index (χ2n) is 2.09.